The van der Waals surface area contributed by atoms with Crippen molar-refractivity contribution in [3.8, 4) is 0 Å². The molecule has 0 aliphatic carbocycles. The first-order chi connectivity index (χ1) is 35.1. The summed E-state index contributed by atoms with van der Waals surface area (Å²) in [5.41, 5.74) is 13.6. The minimum absolute atomic E-state index is 0.801. The Kier molecular flexibility index (Phi) is 7.72. The lowest BCUT2D eigenvalue weighted by Crippen LogP contribution is -2.15. The standard InChI is InChI=1S/C65H38N2O4/c1-37-32-38-24-28-48-54(66(40-26-30-60-50(34-40)44-14-4-6-20-56(44)68-60)52-18-10-16-46-42-12-2-8-22-58(42)70-64(46)52)36-55(49-29-25-39(33-37)62(38)63(48)49)67(41-27-31-61-51(35-41)45-15-5-7-21-57(45)69-61)53-19-11-17-47-43-13-3-9-23-59(43)71-65(47)53/h2-36H,1H3. The van der Waals surface area contributed by atoms with Crippen LogP contribution in [-0.2, 0) is 0 Å². The zero-order valence-electron chi connectivity index (χ0n) is 38.2. The number of aryl methyl sites for hydroxylation is 1. The molecular weight excluding hydrogens is 873 g/mol. The van der Waals surface area contributed by atoms with E-state index >= 15 is 0 Å². The Morgan fingerprint density at radius 1 is 0.268 bits per heavy atom. The second kappa shape index (κ2) is 14.3. The van der Waals surface area contributed by atoms with Gasteiger partial charge in [-0.1, -0.05) is 133 Å². The molecule has 0 amide bonds. The quantitative estimate of drug-likeness (QED) is 0.155. The minimum Gasteiger partial charge on any atom is -0.456 e. The summed E-state index contributed by atoms with van der Waals surface area (Å²) < 4.78 is 26.8. The van der Waals surface area contributed by atoms with Crippen molar-refractivity contribution in [3.05, 3.63) is 218 Å². The van der Waals surface area contributed by atoms with Crippen molar-refractivity contribution in [1.82, 2.24) is 0 Å². The van der Waals surface area contributed by atoms with Gasteiger partial charge in [0, 0.05) is 70.6 Å². The zero-order chi connectivity index (χ0) is 46.5. The largest absolute Gasteiger partial charge is 0.456 e. The number of furan rings is 4. The molecule has 0 unspecified atom stereocenters. The van der Waals surface area contributed by atoms with Crippen LogP contribution < -0.4 is 9.80 Å². The van der Waals surface area contributed by atoms with E-state index < -0.39 is 0 Å². The van der Waals surface area contributed by atoms with Crippen molar-refractivity contribution in [2.75, 3.05) is 9.80 Å². The van der Waals surface area contributed by atoms with Crippen LogP contribution >= 0.6 is 0 Å². The Labute approximate surface area is 404 Å². The second-order valence-corrected chi connectivity index (χ2v) is 18.8. The molecule has 0 spiro atoms. The fourth-order valence-electron chi connectivity index (χ4n) is 11.7. The number of rotatable bonds is 6. The van der Waals surface area contributed by atoms with Gasteiger partial charge in [0.15, 0.2) is 11.2 Å². The van der Waals surface area contributed by atoms with Gasteiger partial charge in [-0.05, 0) is 108 Å². The molecule has 332 valence electrons. The predicted molar refractivity (Wildman–Crippen MR) is 293 cm³/mol. The first-order valence-electron chi connectivity index (χ1n) is 24.1. The maximum absolute atomic E-state index is 6.96. The Balaban J connectivity index is 1.08. The highest BCUT2D eigenvalue weighted by Gasteiger charge is 2.29. The average Bonchev–Trinajstić information content (AvgIpc) is 4.19. The van der Waals surface area contributed by atoms with Crippen LogP contribution in [-0.4, -0.2) is 0 Å². The molecule has 0 atom stereocenters. The average molecular weight is 911 g/mol. The smallest absolute Gasteiger partial charge is 0.159 e. The lowest BCUT2D eigenvalue weighted by Gasteiger charge is -2.32. The van der Waals surface area contributed by atoms with Crippen molar-refractivity contribution in [2.24, 2.45) is 0 Å². The summed E-state index contributed by atoms with van der Waals surface area (Å²) in [6.45, 7) is 2.18. The van der Waals surface area contributed by atoms with Crippen LogP contribution in [0.1, 0.15) is 5.56 Å². The van der Waals surface area contributed by atoms with Gasteiger partial charge < -0.3 is 27.5 Å². The fourth-order valence-corrected chi connectivity index (χ4v) is 11.7. The lowest BCUT2D eigenvalue weighted by molar-refractivity contribution is 0.668. The van der Waals surface area contributed by atoms with E-state index in [-0.39, 0.29) is 0 Å². The van der Waals surface area contributed by atoms with Gasteiger partial charge in [0.05, 0.1) is 22.7 Å². The topological polar surface area (TPSA) is 59.0 Å². The van der Waals surface area contributed by atoms with E-state index in [1.54, 1.807) is 0 Å². The summed E-state index contributed by atoms with van der Waals surface area (Å²) in [5, 5.41) is 15.4. The maximum atomic E-state index is 6.96. The molecule has 12 aromatic carbocycles. The number of nitrogens with zero attached hydrogens (tertiary/aromatic N) is 2. The van der Waals surface area contributed by atoms with Crippen LogP contribution in [0.15, 0.2) is 230 Å². The van der Waals surface area contributed by atoms with Crippen molar-refractivity contribution >= 4 is 154 Å². The fraction of sp³-hybridized carbons (Fsp3) is 0.0154. The Bertz CT molecular complexity index is 4580. The number of para-hydroxylation sites is 6. The Hall–Kier alpha value is -9.52. The van der Waals surface area contributed by atoms with Gasteiger partial charge in [-0.25, -0.2) is 0 Å². The van der Waals surface area contributed by atoms with Gasteiger partial charge in [-0.3, -0.25) is 0 Å². The normalized spacial score (nSPS) is 12.3. The Morgan fingerprint density at radius 2 is 0.662 bits per heavy atom. The molecule has 6 nitrogen and oxygen atoms in total. The molecule has 0 bridgehead atoms. The highest BCUT2D eigenvalue weighted by molar-refractivity contribution is 6.30. The first-order valence-corrected chi connectivity index (χ1v) is 24.1. The van der Waals surface area contributed by atoms with Crippen LogP contribution in [0.2, 0.25) is 0 Å². The molecular formula is C65H38N2O4. The van der Waals surface area contributed by atoms with Crippen molar-refractivity contribution < 1.29 is 17.7 Å². The molecule has 0 saturated heterocycles. The monoisotopic (exact) mass is 910 g/mol. The van der Waals surface area contributed by atoms with Gasteiger partial charge in [0.2, 0.25) is 0 Å². The van der Waals surface area contributed by atoms with Crippen LogP contribution in [0, 0.1) is 6.92 Å². The molecule has 0 saturated carbocycles. The molecule has 6 heteroatoms. The van der Waals surface area contributed by atoms with E-state index in [9.17, 15) is 0 Å². The highest BCUT2D eigenvalue weighted by atomic mass is 16.3. The number of benzene rings is 12. The summed E-state index contributed by atoms with van der Waals surface area (Å²) >= 11 is 0. The molecule has 0 radical (unpaired) electrons. The van der Waals surface area contributed by atoms with Crippen molar-refractivity contribution in [1.29, 1.82) is 0 Å². The van der Waals surface area contributed by atoms with E-state index in [2.05, 4.69) is 193 Å². The molecule has 4 aromatic heterocycles. The lowest BCUT2D eigenvalue weighted by atomic mass is 9.90. The zero-order valence-corrected chi connectivity index (χ0v) is 38.2. The van der Waals surface area contributed by atoms with Crippen LogP contribution in [0.3, 0.4) is 0 Å². The molecule has 0 fully saturated rings. The van der Waals surface area contributed by atoms with Crippen LogP contribution in [0.5, 0.6) is 0 Å². The summed E-state index contributed by atoms with van der Waals surface area (Å²) in [4.78, 5) is 4.80. The van der Waals surface area contributed by atoms with E-state index in [4.69, 9.17) is 17.7 Å². The molecule has 0 aliphatic rings. The SMILES string of the molecule is Cc1cc2ccc3c(N(c4ccc5oc6ccccc6c5c4)c4cccc5c4oc4ccccc45)cc(N(c4ccc5oc6ccccc6c5c4)c4cccc5c4oc4ccccc45)c4ccc(c1)c2c34. The van der Waals surface area contributed by atoms with Gasteiger partial charge >= 0.3 is 0 Å². The van der Waals surface area contributed by atoms with Gasteiger partial charge in [-0.15, -0.1) is 0 Å². The minimum atomic E-state index is 0.801. The highest BCUT2D eigenvalue weighted by Crippen LogP contribution is 2.53. The molecule has 71 heavy (non-hydrogen) atoms. The maximum Gasteiger partial charge on any atom is 0.159 e. The van der Waals surface area contributed by atoms with Gasteiger partial charge in [0.25, 0.3) is 0 Å². The molecule has 0 aliphatic heterocycles. The molecule has 0 N–H and O–H groups in total. The van der Waals surface area contributed by atoms with Crippen LogP contribution in [0.4, 0.5) is 34.1 Å². The third-order valence-electron chi connectivity index (χ3n) is 14.8. The summed E-state index contributed by atoms with van der Waals surface area (Å²) in [6, 6.07) is 75.5. The van der Waals surface area contributed by atoms with Crippen molar-refractivity contribution in [3.63, 3.8) is 0 Å². The third kappa shape index (κ3) is 5.47. The second-order valence-electron chi connectivity index (χ2n) is 18.8. The Morgan fingerprint density at radius 3 is 1.13 bits per heavy atom. The first kappa shape index (κ1) is 38.4. The van der Waals surface area contributed by atoms with E-state index in [0.29, 0.717) is 0 Å². The summed E-state index contributed by atoms with van der Waals surface area (Å²) in [7, 11) is 0. The summed E-state index contributed by atoms with van der Waals surface area (Å²) in [5.74, 6) is 0. The number of hydrogen-bond donors (Lipinski definition) is 0. The van der Waals surface area contributed by atoms with E-state index in [1.807, 2.05) is 36.4 Å². The van der Waals surface area contributed by atoms with Gasteiger partial charge in [-0.2, -0.15) is 0 Å². The molecule has 16 rings (SSSR count). The number of fused-ring (bicyclic) bond motifs is 12. The van der Waals surface area contributed by atoms with E-state index in [1.165, 1.54) is 27.1 Å². The number of anilines is 6. The molecule has 16 aromatic rings. The molecule has 4 heterocycles. The third-order valence-corrected chi connectivity index (χ3v) is 14.8. The van der Waals surface area contributed by atoms with Crippen LogP contribution in [0.25, 0.3) is 120 Å². The predicted octanol–water partition coefficient (Wildman–Crippen LogP) is 19.4. The van der Waals surface area contributed by atoms with Crippen molar-refractivity contribution in [2.45, 2.75) is 6.92 Å². The summed E-state index contributed by atoms with van der Waals surface area (Å²) in [6.07, 6.45) is 0. The van der Waals surface area contributed by atoms with Gasteiger partial charge in [0.1, 0.15) is 33.5 Å². The number of hydrogen-bond acceptors (Lipinski definition) is 6. The van der Waals surface area contributed by atoms with E-state index in [0.717, 1.165) is 133 Å².